The second kappa shape index (κ2) is 4.08. The number of nitrogens with two attached hydrogens (primary N) is 1. The summed E-state index contributed by atoms with van der Waals surface area (Å²) in [6.07, 6.45) is 0. The fourth-order valence-corrected chi connectivity index (χ4v) is 2.84. The summed E-state index contributed by atoms with van der Waals surface area (Å²) in [5.41, 5.74) is 5.45. The molecule has 0 aliphatic heterocycles. The maximum atomic E-state index is 12.2. The highest BCUT2D eigenvalue weighted by molar-refractivity contribution is 7.80. The van der Waals surface area contributed by atoms with E-state index < -0.39 is 5.69 Å². The summed E-state index contributed by atoms with van der Waals surface area (Å²) in [6, 6.07) is 0. The lowest BCUT2D eigenvalue weighted by atomic mass is 10.2. The third-order valence-corrected chi connectivity index (χ3v) is 3.88. The quantitative estimate of drug-likeness (QED) is 0.785. The summed E-state index contributed by atoms with van der Waals surface area (Å²) in [6.45, 7) is 3.74. The zero-order chi connectivity index (χ0) is 12.7. The van der Waals surface area contributed by atoms with E-state index >= 15 is 0 Å². The molecule has 0 aliphatic carbocycles. The third-order valence-electron chi connectivity index (χ3n) is 2.62. The van der Waals surface area contributed by atoms with Crippen molar-refractivity contribution >= 4 is 38.8 Å². The van der Waals surface area contributed by atoms with Crippen molar-refractivity contribution in [3.8, 4) is 0 Å². The molecule has 2 aromatic rings. The first-order valence-electron chi connectivity index (χ1n) is 4.93. The highest BCUT2D eigenvalue weighted by atomic mass is 32.1. The average Bonchev–Trinajstić information content (AvgIpc) is 2.49. The van der Waals surface area contributed by atoms with Gasteiger partial charge in [0.1, 0.15) is 4.83 Å². The minimum absolute atomic E-state index is 0.0340. The van der Waals surface area contributed by atoms with Crippen LogP contribution in [0.15, 0.2) is 9.59 Å². The molecule has 0 aliphatic rings. The molecule has 2 rings (SSSR count). The molecule has 0 saturated heterocycles. The Labute approximate surface area is 106 Å². The van der Waals surface area contributed by atoms with Crippen molar-refractivity contribution in [3.63, 3.8) is 0 Å². The molecule has 0 saturated carbocycles. The molecule has 0 fully saturated rings. The number of thiocarbonyl (C=S) groups is 1. The van der Waals surface area contributed by atoms with Crippen molar-refractivity contribution in [1.82, 2.24) is 9.55 Å². The normalized spacial score (nSPS) is 10.9. The van der Waals surface area contributed by atoms with E-state index in [9.17, 15) is 9.59 Å². The first-order chi connectivity index (χ1) is 7.91. The van der Waals surface area contributed by atoms with Crippen LogP contribution in [0.25, 0.3) is 10.2 Å². The number of aromatic nitrogens is 2. The number of thiophene rings is 1. The summed E-state index contributed by atoms with van der Waals surface area (Å²) in [5.74, 6) is 0. The lowest BCUT2D eigenvalue weighted by Crippen LogP contribution is -2.38. The molecule has 5 nitrogen and oxygen atoms in total. The van der Waals surface area contributed by atoms with Crippen LogP contribution in [-0.4, -0.2) is 14.5 Å². The summed E-state index contributed by atoms with van der Waals surface area (Å²) in [4.78, 5) is 28.3. The molecular weight excluding hydrogens is 258 g/mol. The maximum Gasteiger partial charge on any atom is 0.329 e. The fourth-order valence-electron chi connectivity index (χ4n) is 1.66. The first-order valence-corrected chi connectivity index (χ1v) is 6.15. The zero-order valence-corrected chi connectivity index (χ0v) is 11.0. The summed E-state index contributed by atoms with van der Waals surface area (Å²) in [5, 5.41) is 0.545. The van der Waals surface area contributed by atoms with E-state index in [0.717, 1.165) is 15.0 Å². The minimum Gasteiger partial charge on any atom is -0.392 e. The fraction of sp³-hybridized carbons (Fsp3) is 0.300. The molecule has 0 radical (unpaired) electrons. The molecule has 0 unspecified atom stereocenters. The van der Waals surface area contributed by atoms with Crippen LogP contribution in [0.3, 0.4) is 0 Å². The van der Waals surface area contributed by atoms with E-state index in [4.69, 9.17) is 18.0 Å². The number of aryl methyl sites for hydroxylation is 2. The van der Waals surface area contributed by atoms with Gasteiger partial charge in [0.15, 0.2) is 0 Å². The molecule has 0 atom stereocenters. The first kappa shape index (κ1) is 12.0. The Morgan fingerprint density at radius 2 is 2.12 bits per heavy atom. The Hall–Kier alpha value is -1.47. The van der Waals surface area contributed by atoms with Crippen LogP contribution in [0.2, 0.25) is 0 Å². The molecule has 90 valence electrons. The Kier molecular flexibility index (Phi) is 2.88. The molecule has 0 aromatic carbocycles. The van der Waals surface area contributed by atoms with E-state index in [1.165, 1.54) is 11.3 Å². The number of hydrogen-bond acceptors (Lipinski definition) is 4. The predicted octanol–water partition coefficient (Wildman–Crippen LogP) is 0.654. The maximum absolute atomic E-state index is 12.2. The van der Waals surface area contributed by atoms with Crippen molar-refractivity contribution in [2.75, 3.05) is 0 Å². The van der Waals surface area contributed by atoms with Crippen molar-refractivity contribution in [1.29, 1.82) is 0 Å². The van der Waals surface area contributed by atoms with Crippen molar-refractivity contribution in [2.45, 2.75) is 20.4 Å². The van der Waals surface area contributed by atoms with Crippen LogP contribution in [0.4, 0.5) is 0 Å². The van der Waals surface area contributed by atoms with Gasteiger partial charge in [-0.2, -0.15) is 0 Å². The number of aromatic amines is 1. The van der Waals surface area contributed by atoms with Gasteiger partial charge in [-0.25, -0.2) is 4.79 Å². The lowest BCUT2D eigenvalue weighted by Gasteiger charge is -2.02. The zero-order valence-electron chi connectivity index (χ0n) is 9.36. The van der Waals surface area contributed by atoms with Gasteiger partial charge in [0.05, 0.1) is 16.9 Å². The topological polar surface area (TPSA) is 80.9 Å². The Bertz CT molecular complexity index is 723. The SMILES string of the molecule is Cc1sc2[nH]c(=O)n(CC(N)=S)c(=O)c2c1C. The van der Waals surface area contributed by atoms with E-state index in [1.807, 2.05) is 13.8 Å². The second-order valence-electron chi connectivity index (χ2n) is 3.78. The van der Waals surface area contributed by atoms with Crippen LogP contribution >= 0.6 is 23.6 Å². The van der Waals surface area contributed by atoms with Crippen LogP contribution in [0.1, 0.15) is 10.4 Å². The van der Waals surface area contributed by atoms with Gasteiger partial charge in [0, 0.05) is 4.88 Å². The van der Waals surface area contributed by atoms with Crippen LogP contribution in [0.5, 0.6) is 0 Å². The average molecular weight is 269 g/mol. The molecule has 0 bridgehead atoms. The molecule has 2 heterocycles. The van der Waals surface area contributed by atoms with Gasteiger partial charge in [-0.15, -0.1) is 11.3 Å². The number of fused-ring (bicyclic) bond motifs is 1. The van der Waals surface area contributed by atoms with Crippen LogP contribution in [-0.2, 0) is 6.54 Å². The Balaban J connectivity index is 2.88. The predicted molar refractivity (Wildman–Crippen MR) is 73.0 cm³/mol. The van der Waals surface area contributed by atoms with Crippen LogP contribution in [0, 0.1) is 13.8 Å². The number of rotatable bonds is 2. The van der Waals surface area contributed by atoms with Gasteiger partial charge in [0.25, 0.3) is 5.56 Å². The summed E-state index contributed by atoms with van der Waals surface area (Å²) in [7, 11) is 0. The van der Waals surface area contributed by atoms with Gasteiger partial charge in [-0.05, 0) is 19.4 Å². The molecule has 2 aromatic heterocycles. The van der Waals surface area contributed by atoms with Gasteiger partial charge in [0.2, 0.25) is 0 Å². The Morgan fingerprint density at radius 1 is 1.47 bits per heavy atom. The highest BCUT2D eigenvalue weighted by Crippen LogP contribution is 2.24. The van der Waals surface area contributed by atoms with Crippen molar-refractivity contribution in [3.05, 3.63) is 31.3 Å². The Morgan fingerprint density at radius 3 is 2.71 bits per heavy atom. The summed E-state index contributed by atoms with van der Waals surface area (Å²) >= 11 is 6.13. The lowest BCUT2D eigenvalue weighted by molar-refractivity contribution is 0.753. The van der Waals surface area contributed by atoms with Gasteiger partial charge < -0.3 is 5.73 Å². The number of nitrogens with one attached hydrogen (secondary N) is 1. The molecule has 3 N–H and O–H groups in total. The van der Waals surface area contributed by atoms with Gasteiger partial charge in [-0.3, -0.25) is 14.3 Å². The molecule has 7 heteroatoms. The van der Waals surface area contributed by atoms with E-state index in [2.05, 4.69) is 4.98 Å². The van der Waals surface area contributed by atoms with Crippen molar-refractivity contribution in [2.24, 2.45) is 5.73 Å². The van der Waals surface area contributed by atoms with E-state index in [0.29, 0.717) is 10.2 Å². The summed E-state index contributed by atoms with van der Waals surface area (Å²) < 4.78 is 1.03. The largest absolute Gasteiger partial charge is 0.392 e. The smallest absolute Gasteiger partial charge is 0.329 e. The van der Waals surface area contributed by atoms with E-state index in [1.54, 1.807) is 0 Å². The number of H-pyrrole nitrogens is 1. The minimum atomic E-state index is -0.475. The van der Waals surface area contributed by atoms with Gasteiger partial charge >= 0.3 is 5.69 Å². The monoisotopic (exact) mass is 269 g/mol. The van der Waals surface area contributed by atoms with E-state index in [-0.39, 0.29) is 17.1 Å². The van der Waals surface area contributed by atoms with Crippen LogP contribution < -0.4 is 17.0 Å². The second-order valence-corrected chi connectivity index (χ2v) is 5.52. The highest BCUT2D eigenvalue weighted by Gasteiger charge is 2.14. The molecule has 0 spiro atoms. The third kappa shape index (κ3) is 1.91. The molecule has 17 heavy (non-hydrogen) atoms. The number of hydrogen-bond donors (Lipinski definition) is 2. The molecular formula is C10H11N3O2S2. The van der Waals surface area contributed by atoms with Gasteiger partial charge in [-0.1, -0.05) is 12.2 Å². The standard InChI is InChI=1S/C10H11N3O2S2/c1-4-5(2)17-8-7(4)9(14)13(3-6(11)16)10(15)12-8/h3H2,1-2H3,(H2,11,16)(H,12,15). The molecule has 0 amide bonds. The van der Waals surface area contributed by atoms with Crippen molar-refractivity contribution < 1.29 is 0 Å². The number of nitrogens with zero attached hydrogens (tertiary/aromatic N) is 1.